The second kappa shape index (κ2) is 8.88. The van der Waals surface area contributed by atoms with Crippen LogP contribution in [0, 0.1) is 19.7 Å². The quantitative estimate of drug-likeness (QED) is 0.610. The summed E-state index contributed by atoms with van der Waals surface area (Å²) < 4.78 is 19.3. The Morgan fingerprint density at radius 2 is 2.10 bits per heavy atom. The molecule has 1 aromatic carbocycles. The fourth-order valence-electron chi connectivity index (χ4n) is 4.15. The topological polar surface area (TPSA) is 84.1 Å². The maximum atomic E-state index is 13.8. The van der Waals surface area contributed by atoms with Crippen molar-refractivity contribution in [3.05, 3.63) is 62.3 Å². The summed E-state index contributed by atoms with van der Waals surface area (Å²) in [5.74, 6) is 0.113. The first kappa shape index (κ1) is 21.6. The number of hydrogen-bond acceptors (Lipinski definition) is 5. The van der Waals surface area contributed by atoms with Crippen LogP contribution in [0.25, 0.3) is 10.2 Å². The van der Waals surface area contributed by atoms with E-state index in [0.29, 0.717) is 42.2 Å². The number of hydrogen-bond donors (Lipinski definition) is 2. The Morgan fingerprint density at radius 1 is 1.32 bits per heavy atom. The van der Waals surface area contributed by atoms with Gasteiger partial charge in [-0.15, -0.1) is 11.3 Å². The standard InChI is InChI=1S/C23H26FN3O3S/c1-14-15(2)31-22-20(14)21(29)26-18(27-22)6-7-19(28)25-13-23(8-10-30-11-9-23)16-4-3-5-17(24)12-16/h3-5,12H,6-11,13H2,1-2H3,(H,25,28)(H,26,27,29). The van der Waals surface area contributed by atoms with Crippen LogP contribution in [0.15, 0.2) is 29.1 Å². The molecule has 164 valence electrons. The zero-order chi connectivity index (χ0) is 22.0. The van der Waals surface area contributed by atoms with Crippen LogP contribution in [0.5, 0.6) is 0 Å². The fraction of sp³-hybridized carbons (Fsp3) is 0.435. The number of thiophene rings is 1. The van der Waals surface area contributed by atoms with Gasteiger partial charge in [0.1, 0.15) is 16.5 Å². The third-order valence-electron chi connectivity index (χ3n) is 6.19. The van der Waals surface area contributed by atoms with E-state index >= 15 is 0 Å². The zero-order valence-electron chi connectivity index (χ0n) is 17.7. The van der Waals surface area contributed by atoms with Gasteiger partial charge in [-0.25, -0.2) is 9.37 Å². The average molecular weight is 444 g/mol. The van der Waals surface area contributed by atoms with Gasteiger partial charge in [-0.05, 0) is 49.9 Å². The summed E-state index contributed by atoms with van der Waals surface area (Å²) in [6, 6.07) is 6.59. The summed E-state index contributed by atoms with van der Waals surface area (Å²) in [7, 11) is 0. The van der Waals surface area contributed by atoms with Gasteiger partial charge in [0, 0.05) is 42.9 Å². The van der Waals surface area contributed by atoms with Crippen molar-refractivity contribution in [2.24, 2.45) is 0 Å². The van der Waals surface area contributed by atoms with Crippen molar-refractivity contribution >= 4 is 27.5 Å². The van der Waals surface area contributed by atoms with E-state index in [1.54, 1.807) is 12.1 Å². The van der Waals surface area contributed by atoms with Crippen molar-refractivity contribution in [1.82, 2.24) is 15.3 Å². The number of halogens is 1. The maximum Gasteiger partial charge on any atom is 0.259 e. The number of amides is 1. The third-order valence-corrected chi connectivity index (χ3v) is 7.29. The Balaban J connectivity index is 1.42. The Bertz CT molecular complexity index is 1160. The van der Waals surface area contributed by atoms with Crippen LogP contribution in [0.4, 0.5) is 4.39 Å². The van der Waals surface area contributed by atoms with Crippen LogP contribution in [0.2, 0.25) is 0 Å². The first-order valence-corrected chi connectivity index (χ1v) is 11.3. The highest BCUT2D eigenvalue weighted by atomic mass is 32.1. The number of rotatable bonds is 6. The Labute approximate surface area is 183 Å². The summed E-state index contributed by atoms with van der Waals surface area (Å²) >= 11 is 1.49. The highest BCUT2D eigenvalue weighted by molar-refractivity contribution is 7.18. The van der Waals surface area contributed by atoms with Gasteiger partial charge in [-0.1, -0.05) is 12.1 Å². The molecule has 4 rings (SSSR count). The molecule has 0 spiro atoms. The molecule has 1 saturated heterocycles. The van der Waals surface area contributed by atoms with Gasteiger partial charge in [0.05, 0.1) is 5.39 Å². The van der Waals surface area contributed by atoms with Gasteiger partial charge in [0.25, 0.3) is 5.56 Å². The minimum atomic E-state index is -0.340. The van der Waals surface area contributed by atoms with Crippen LogP contribution < -0.4 is 10.9 Å². The molecule has 1 aliphatic rings. The zero-order valence-corrected chi connectivity index (χ0v) is 18.5. The number of aromatic nitrogens is 2. The van der Waals surface area contributed by atoms with Crippen LogP contribution in [0.1, 0.15) is 41.1 Å². The Hall–Kier alpha value is -2.58. The summed E-state index contributed by atoms with van der Waals surface area (Å²) in [5, 5.41) is 3.64. The van der Waals surface area contributed by atoms with Gasteiger partial charge in [-0.2, -0.15) is 0 Å². The van der Waals surface area contributed by atoms with Gasteiger partial charge >= 0.3 is 0 Å². The first-order valence-electron chi connectivity index (χ1n) is 10.5. The number of nitrogens with one attached hydrogen (secondary N) is 2. The van der Waals surface area contributed by atoms with E-state index in [1.165, 1.54) is 17.4 Å². The van der Waals surface area contributed by atoms with Gasteiger partial charge < -0.3 is 15.0 Å². The van der Waals surface area contributed by atoms with E-state index < -0.39 is 0 Å². The number of carbonyl (C=O) groups is 1. The number of H-pyrrole nitrogens is 1. The second-order valence-corrected chi connectivity index (χ2v) is 9.36. The van der Waals surface area contributed by atoms with Crippen molar-refractivity contribution in [3.8, 4) is 0 Å². The molecule has 1 fully saturated rings. The molecular formula is C23H26FN3O3S. The van der Waals surface area contributed by atoms with Crippen LogP contribution in [-0.2, 0) is 21.4 Å². The van der Waals surface area contributed by atoms with E-state index in [4.69, 9.17) is 4.74 Å². The molecule has 0 unspecified atom stereocenters. The van der Waals surface area contributed by atoms with Crippen molar-refractivity contribution in [2.75, 3.05) is 19.8 Å². The van der Waals surface area contributed by atoms with Crippen LogP contribution >= 0.6 is 11.3 Å². The lowest BCUT2D eigenvalue weighted by atomic mass is 9.74. The van der Waals surface area contributed by atoms with Crippen molar-refractivity contribution in [1.29, 1.82) is 0 Å². The molecule has 2 aromatic heterocycles. The summed E-state index contributed by atoms with van der Waals surface area (Å²) in [5.41, 5.74) is 1.34. The highest BCUT2D eigenvalue weighted by Crippen LogP contribution is 2.34. The molecule has 1 amide bonds. The highest BCUT2D eigenvalue weighted by Gasteiger charge is 2.35. The van der Waals surface area contributed by atoms with E-state index in [1.807, 2.05) is 19.9 Å². The molecule has 2 N–H and O–H groups in total. The van der Waals surface area contributed by atoms with E-state index in [0.717, 1.165) is 28.8 Å². The minimum Gasteiger partial charge on any atom is -0.381 e. The molecule has 3 aromatic rings. The van der Waals surface area contributed by atoms with Crippen molar-refractivity contribution in [2.45, 2.75) is 44.9 Å². The number of aryl methyl sites for hydroxylation is 3. The molecular weight excluding hydrogens is 417 g/mol. The Kier molecular flexibility index (Phi) is 6.20. The molecule has 0 bridgehead atoms. The van der Waals surface area contributed by atoms with E-state index in [2.05, 4.69) is 15.3 Å². The number of carbonyl (C=O) groups excluding carboxylic acids is 1. The molecule has 6 nitrogen and oxygen atoms in total. The Morgan fingerprint density at radius 3 is 2.84 bits per heavy atom. The fourth-order valence-corrected chi connectivity index (χ4v) is 5.20. The van der Waals surface area contributed by atoms with Crippen LogP contribution in [-0.4, -0.2) is 35.6 Å². The monoisotopic (exact) mass is 443 g/mol. The van der Waals surface area contributed by atoms with Gasteiger partial charge in [-0.3, -0.25) is 9.59 Å². The molecule has 1 aliphatic heterocycles. The normalized spacial score (nSPS) is 15.8. The second-order valence-electron chi connectivity index (χ2n) is 8.16. The molecule has 0 aliphatic carbocycles. The maximum absolute atomic E-state index is 13.8. The molecule has 0 saturated carbocycles. The van der Waals surface area contributed by atoms with Gasteiger partial charge in [0.2, 0.25) is 5.91 Å². The van der Waals surface area contributed by atoms with Gasteiger partial charge in [0.15, 0.2) is 0 Å². The predicted octanol–water partition coefficient (Wildman–Crippen LogP) is 3.54. The SMILES string of the molecule is Cc1sc2nc(CCC(=O)NCC3(c4cccc(F)c4)CCOCC3)[nH]c(=O)c2c1C. The van der Waals surface area contributed by atoms with E-state index in [9.17, 15) is 14.0 Å². The van der Waals surface area contributed by atoms with Crippen molar-refractivity contribution < 1.29 is 13.9 Å². The number of nitrogens with zero attached hydrogens (tertiary/aromatic N) is 1. The molecule has 3 heterocycles. The van der Waals surface area contributed by atoms with Crippen LogP contribution in [0.3, 0.4) is 0 Å². The lowest BCUT2D eigenvalue weighted by Gasteiger charge is -2.38. The number of aromatic amines is 1. The number of benzene rings is 1. The molecule has 8 heteroatoms. The lowest BCUT2D eigenvalue weighted by molar-refractivity contribution is -0.121. The lowest BCUT2D eigenvalue weighted by Crippen LogP contribution is -2.44. The minimum absolute atomic E-state index is 0.122. The summed E-state index contributed by atoms with van der Waals surface area (Å²) in [6.07, 6.45) is 2.01. The number of fused-ring (bicyclic) bond motifs is 1. The summed E-state index contributed by atoms with van der Waals surface area (Å²) in [4.78, 5) is 34.1. The third kappa shape index (κ3) is 4.55. The number of ether oxygens (including phenoxy) is 1. The largest absolute Gasteiger partial charge is 0.381 e. The summed E-state index contributed by atoms with van der Waals surface area (Å²) in [6.45, 7) is 5.47. The van der Waals surface area contributed by atoms with Crippen molar-refractivity contribution in [3.63, 3.8) is 0 Å². The predicted molar refractivity (Wildman–Crippen MR) is 119 cm³/mol. The smallest absolute Gasteiger partial charge is 0.259 e. The molecule has 0 atom stereocenters. The first-order chi connectivity index (χ1) is 14.9. The average Bonchev–Trinajstić information content (AvgIpc) is 3.05. The molecule has 31 heavy (non-hydrogen) atoms. The molecule has 0 radical (unpaired) electrons. The van der Waals surface area contributed by atoms with E-state index in [-0.39, 0.29) is 29.1 Å².